The molecule has 0 radical (unpaired) electrons. The van der Waals surface area contributed by atoms with Crippen LogP contribution in [-0.4, -0.2) is 47.9 Å². The summed E-state index contributed by atoms with van der Waals surface area (Å²) in [5, 5.41) is 1.38. The fraction of sp³-hybridized carbons (Fsp3) is 0.545. The van der Waals surface area contributed by atoms with Crippen LogP contribution in [0.2, 0.25) is 0 Å². The van der Waals surface area contributed by atoms with Gasteiger partial charge in [0.1, 0.15) is 11.7 Å². The maximum absolute atomic E-state index is 12.2. The number of H-pyrrole nitrogens is 1. The fourth-order valence-corrected chi connectivity index (χ4v) is 5.23. The van der Waals surface area contributed by atoms with Gasteiger partial charge in [-0.3, -0.25) is 9.59 Å². The highest BCUT2D eigenvalue weighted by Crippen LogP contribution is 2.45. The van der Waals surface area contributed by atoms with Crippen molar-refractivity contribution < 1.29 is 14.3 Å². The van der Waals surface area contributed by atoms with Crippen molar-refractivity contribution in [1.29, 1.82) is 0 Å². The molecule has 1 aromatic heterocycles. The number of likely N-dealkylation sites (N-methyl/N-ethyl adjacent to an activating group) is 1. The average Bonchev–Trinajstić information content (AvgIpc) is 3.05. The lowest BCUT2D eigenvalue weighted by atomic mass is 9.71. The fourth-order valence-electron chi connectivity index (χ4n) is 5.23. The van der Waals surface area contributed by atoms with Crippen LogP contribution in [0.15, 0.2) is 24.4 Å². The Labute approximate surface area is 160 Å². The molecule has 27 heavy (non-hydrogen) atoms. The van der Waals surface area contributed by atoms with Crippen LogP contribution in [0.4, 0.5) is 0 Å². The van der Waals surface area contributed by atoms with Crippen LogP contribution in [-0.2, 0) is 20.7 Å². The Balaban J connectivity index is 1.60. The Morgan fingerprint density at radius 1 is 1.37 bits per heavy atom. The average molecular weight is 368 g/mol. The van der Waals surface area contributed by atoms with Gasteiger partial charge in [-0.2, -0.15) is 0 Å². The normalized spacial score (nSPS) is 25.8. The molecule has 1 N–H and O–H groups in total. The van der Waals surface area contributed by atoms with E-state index in [9.17, 15) is 9.59 Å². The van der Waals surface area contributed by atoms with E-state index < -0.39 is 5.92 Å². The van der Waals surface area contributed by atoms with E-state index in [-0.39, 0.29) is 11.8 Å². The molecule has 5 nitrogen and oxygen atoms in total. The quantitative estimate of drug-likeness (QED) is 0.650. The van der Waals surface area contributed by atoms with Crippen molar-refractivity contribution in [1.82, 2.24) is 9.88 Å². The lowest BCUT2D eigenvalue weighted by Gasteiger charge is -2.46. The first-order valence-corrected chi connectivity index (χ1v) is 9.95. The predicted molar refractivity (Wildman–Crippen MR) is 105 cm³/mol. The standard InChI is InChI=1S/C22H28N2O3/c1-4-27-22(26)17(13(2)25)8-14-9-18-16-6-5-7-19-21(16)15(11-23-19)10-20(18)24(3)12-14/h5-7,11,14,17-18,20,23H,4,8-10,12H2,1-3H3/t14?,17?,18-,20-/m1/s1. The van der Waals surface area contributed by atoms with Crippen LogP contribution >= 0.6 is 0 Å². The number of benzene rings is 1. The number of aromatic nitrogens is 1. The minimum Gasteiger partial charge on any atom is -0.465 e. The van der Waals surface area contributed by atoms with Crippen LogP contribution < -0.4 is 0 Å². The van der Waals surface area contributed by atoms with Crippen LogP contribution in [0.5, 0.6) is 0 Å². The number of carbonyl (C=O) groups is 2. The topological polar surface area (TPSA) is 62.4 Å². The number of ketones is 1. The summed E-state index contributed by atoms with van der Waals surface area (Å²) in [6.07, 6.45) is 4.80. The highest BCUT2D eigenvalue weighted by Gasteiger charge is 2.41. The van der Waals surface area contributed by atoms with E-state index >= 15 is 0 Å². The number of rotatable bonds is 5. The maximum atomic E-state index is 12.2. The van der Waals surface area contributed by atoms with Gasteiger partial charge in [0.15, 0.2) is 0 Å². The van der Waals surface area contributed by atoms with Gasteiger partial charge in [-0.1, -0.05) is 12.1 Å². The molecule has 2 aromatic rings. The smallest absolute Gasteiger partial charge is 0.316 e. The van der Waals surface area contributed by atoms with Crippen LogP contribution in [0, 0.1) is 11.8 Å². The zero-order valence-electron chi connectivity index (χ0n) is 16.3. The summed E-state index contributed by atoms with van der Waals surface area (Å²) in [7, 11) is 2.18. The molecule has 0 spiro atoms. The van der Waals surface area contributed by atoms with Crippen molar-refractivity contribution in [2.24, 2.45) is 11.8 Å². The van der Waals surface area contributed by atoms with Crippen molar-refractivity contribution in [3.8, 4) is 0 Å². The molecule has 0 saturated carbocycles. The Morgan fingerprint density at radius 3 is 2.93 bits per heavy atom. The number of hydrogen-bond donors (Lipinski definition) is 1. The van der Waals surface area contributed by atoms with E-state index in [1.165, 1.54) is 29.0 Å². The van der Waals surface area contributed by atoms with Crippen molar-refractivity contribution in [2.45, 2.75) is 45.1 Å². The molecular weight excluding hydrogens is 340 g/mol. The summed E-state index contributed by atoms with van der Waals surface area (Å²) >= 11 is 0. The number of ether oxygens (including phenoxy) is 1. The number of fused-ring (bicyclic) bond motifs is 2. The molecule has 0 bridgehead atoms. The summed E-state index contributed by atoms with van der Waals surface area (Å²) < 4.78 is 5.15. The van der Waals surface area contributed by atoms with Gasteiger partial charge in [0, 0.05) is 35.6 Å². The maximum Gasteiger partial charge on any atom is 0.316 e. The van der Waals surface area contributed by atoms with Gasteiger partial charge in [0.05, 0.1) is 6.61 Å². The van der Waals surface area contributed by atoms with Gasteiger partial charge in [0.2, 0.25) is 0 Å². The zero-order chi connectivity index (χ0) is 19.1. The SMILES string of the molecule is CCOC(=O)C(CC1C[C@@H]2c3cccc4[nH]cc(c34)C[C@H]2N(C)C1)C(C)=O. The number of Topliss-reactive ketones (excluding diaryl/α,β-unsaturated/α-hetero) is 1. The summed E-state index contributed by atoms with van der Waals surface area (Å²) in [4.78, 5) is 30.1. The number of likely N-dealkylation sites (tertiary alicyclic amines) is 1. The van der Waals surface area contributed by atoms with Gasteiger partial charge in [-0.15, -0.1) is 0 Å². The molecule has 1 fully saturated rings. The Morgan fingerprint density at radius 2 is 2.19 bits per heavy atom. The lowest BCUT2D eigenvalue weighted by molar-refractivity contribution is -0.152. The number of esters is 1. The Bertz CT molecular complexity index is 872. The number of hydrogen-bond acceptors (Lipinski definition) is 4. The minimum atomic E-state index is -0.637. The zero-order valence-corrected chi connectivity index (χ0v) is 16.3. The molecule has 4 rings (SSSR count). The Kier molecular flexibility index (Phi) is 4.81. The molecule has 1 saturated heterocycles. The van der Waals surface area contributed by atoms with Crippen molar-refractivity contribution >= 4 is 22.7 Å². The largest absolute Gasteiger partial charge is 0.465 e. The molecule has 2 heterocycles. The van der Waals surface area contributed by atoms with Crippen LogP contribution in [0.25, 0.3) is 10.9 Å². The number of carbonyl (C=O) groups excluding carboxylic acids is 2. The summed E-state index contributed by atoms with van der Waals surface area (Å²) in [6, 6.07) is 6.99. The molecular formula is C22H28N2O3. The van der Waals surface area contributed by atoms with E-state index in [1.807, 2.05) is 0 Å². The number of nitrogens with one attached hydrogen (secondary N) is 1. The number of aromatic amines is 1. The second kappa shape index (κ2) is 7.12. The molecule has 1 aliphatic carbocycles. The molecule has 5 heteroatoms. The number of piperidine rings is 1. The molecule has 0 amide bonds. The summed E-state index contributed by atoms with van der Waals surface area (Å²) in [6.45, 7) is 4.52. The van der Waals surface area contributed by atoms with E-state index in [2.05, 4.69) is 41.3 Å². The van der Waals surface area contributed by atoms with Crippen molar-refractivity contribution in [3.05, 3.63) is 35.5 Å². The third-order valence-corrected chi connectivity index (χ3v) is 6.44. The second-order valence-electron chi connectivity index (χ2n) is 8.15. The van der Waals surface area contributed by atoms with Gasteiger partial charge >= 0.3 is 5.97 Å². The third kappa shape index (κ3) is 3.18. The highest BCUT2D eigenvalue weighted by molar-refractivity contribution is 5.97. The summed E-state index contributed by atoms with van der Waals surface area (Å²) in [5.74, 6) is -0.340. The van der Waals surface area contributed by atoms with Gasteiger partial charge in [-0.05, 0) is 63.3 Å². The molecule has 1 aromatic carbocycles. The molecule has 4 atom stereocenters. The van der Waals surface area contributed by atoms with E-state index in [0.717, 1.165) is 19.4 Å². The summed E-state index contributed by atoms with van der Waals surface area (Å²) in [5.41, 5.74) is 4.02. The lowest BCUT2D eigenvalue weighted by Crippen LogP contribution is -2.48. The third-order valence-electron chi connectivity index (χ3n) is 6.44. The Hall–Kier alpha value is -2.14. The van der Waals surface area contributed by atoms with Crippen molar-refractivity contribution in [3.63, 3.8) is 0 Å². The van der Waals surface area contributed by atoms with Gasteiger partial charge < -0.3 is 14.6 Å². The van der Waals surface area contributed by atoms with E-state index in [0.29, 0.717) is 30.9 Å². The second-order valence-corrected chi connectivity index (χ2v) is 8.15. The highest BCUT2D eigenvalue weighted by atomic mass is 16.5. The van der Waals surface area contributed by atoms with Gasteiger partial charge in [-0.25, -0.2) is 0 Å². The molecule has 144 valence electrons. The van der Waals surface area contributed by atoms with Crippen molar-refractivity contribution in [2.75, 3.05) is 20.2 Å². The molecule has 2 aliphatic rings. The monoisotopic (exact) mass is 368 g/mol. The van der Waals surface area contributed by atoms with Crippen LogP contribution in [0.3, 0.4) is 0 Å². The van der Waals surface area contributed by atoms with E-state index in [1.54, 1.807) is 6.92 Å². The molecule has 2 unspecified atom stereocenters. The minimum absolute atomic E-state index is 0.0862. The first-order chi connectivity index (χ1) is 13.0. The predicted octanol–water partition coefficient (Wildman–Crippen LogP) is 3.29. The molecule has 1 aliphatic heterocycles. The first kappa shape index (κ1) is 18.2. The number of nitrogens with zero attached hydrogens (tertiary/aromatic N) is 1. The van der Waals surface area contributed by atoms with Gasteiger partial charge in [0.25, 0.3) is 0 Å². The first-order valence-electron chi connectivity index (χ1n) is 9.95. The van der Waals surface area contributed by atoms with Crippen LogP contribution in [0.1, 0.15) is 43.7 Å². The van der Waals surface area contributed by atoms with E-state index in [4.69, 9.17) is 4.74 Å².